The zero-order valence-corrected chi connectivity index (χ0v) is 13.1. The number of esters is 1. The molecule has 0 aliphatic heterocycles. The topological polar surface area (TPSA) is 93.9 Å². The smallest absolute Gasteiger partial charge is 0.360 e. The van der Waals surface area contributed by atoms with Crippen LogP contribution in [0.4, 0.5) is 5.82 Å². The van der Waals surface area contributed by atoms with Crippen molar-refractivity contribution < 1.29 is 9.53 Å². The van der Waals surface area contributed by atoms with Gasteiger partial charge < -0.3 is 10.5 Å². The Hall–Kier alpha value is -2.33. The second-order valence-electron chi connectivity index (χ2n) is 4.22. The number of halogens is 1. The van der Waals surface area contributed by atoms with Gasteiger partial charge in [-0.05, 0) is 32.0 Å². The van der Waals surface area contributed by atoms with Gasteiger partial charge in [0.2, 0.25) is 0 Å². The Bertz CT molecular complexity index is 746. The first kappa shape index (κ1) is 15.1. The average Bonchev–Trinajstić information content (AvgIpc) is 2.74. The monoisotopic (exact) mass is 348 g/mol. The highest BCUT2D eigenvalue weighted by Crippen LogP contribution is 2.26. The number of carbonyl (C=O) groups is 1. The average molecular weight is 349 g/mol. The Labute approximate surface area is 130 Å². The lowest BCUT2D eigenvalue weighted by Crippen LogP contribution is -2.10. The van der Waals surface area contributed by atoms with Crippen LogP contribution in [0.25, 0.3) is 5.69 Å². The van der Waals surface area contributed by atoms with Gasteiger partial charge in [-0.25, -0.2) is 9.78 Å². The molecule has 0 spiro atoms. The number of nitrogens with two attached hydrogens (primary N) is 1. The van der Waals surface area contributed by atoms with Gasteiger partial charge >= 0.3 is 5.97 Å². The minimum absolute atomic E-state index is 0.0566. The Morgan fingerprint density at radius 1 is 1.57 bits per heavy atom. The summed E-state index contributed by atoms with van der Waals surface area (Å²) in [5, 5.41) is 9.25. The van der Waals surface area contributed by atoms with E-state index >= 15 is 0 Å². The quantitative estimate of drug-likeness (QED) is 0.860. The third-order valence-corrected chi connectivity index (χ3v) is 3.36. The highest BCUT2D eigenvalue weighted by molar-refractivity contribution is 9.10. The van der Waals surface area contributed by atoms with Gasteiger partial charge in [-0.15, -0.1) is 0 Å². The van der Waals surface area contributed by atoms with Crippen molar-refractivity contribution in [3.63, 3.8) is 0 Å². The number of nitrogens with zero attached hydrogens (tertiary/aromatic N) is 3. The molecule has 0 saturated carbocycles. The maximum absolute atomic E-state index is 11.8. The molecule has 0 saturated heterocycles. The Kier molecular flexibility index (Phi) is 4.29. The summed E-state index contributed by atoms with van der Waals surface area (Å²) in [5.74, 6) is 0.0895. The van der Waals surface area contributed by atoms with Crippen molar-refractivity contribution in [1.82, 2.24) is 9.55 Å². The van der Waals surface area contributed by atoms with Crippen molar-refractivity contribution in [3.05, 3.63) is 39.8 Å². The molecule has 0 bridgehead atoms. The van der Waals surface area contributed by atoms with Crippen LogP contribution in [0.3, 0.4) is 0 Å². The Balaban J connectivity index is 2.61. The number of rotatable bonds is 3. The predicted molar refractivity (Wildman–Crippen MR) is 81.1 cm³/mol. The normalized spacial score (nSPS) is 10.2. The zero-order chi connectivity index (χ0) is 15.6. The minimum atomic E-state index is -0.576. The van der Waals surface area contributed by atoms with Gasteiger partial charge in [0.15, 0.2) is 5.69 Å². The van der Waals surface area contributed by atoms with Crippen LogP contribution >= 0.6 is 15.9 Å². The first-order valence-electron chi connectivity index (χ1n) is 6.21. The Morgan fingerprint density at radius 2 is 2.29 bits per heavy atom. The van der Waals surface area contributed by atoms with E-state index in [9.17, 15) is 10.1 Å². The van der Waals surface area contributed by atoms with E-state index in [0.717, 1.165) is 4.47 Å². The van der Waals surface area contributed by atoms with Crippen LogP contribution in [-0.2, 0) is 4.74 Å². The lowest BCUT2D eigenvalue weighted by Gasteiger charge is -2.10. The molecule has 2 aromatic rings. The highest BCUT2D eigenvalue weighted by atomic mass is 79.9. The Morgan fingerprint density at radius 3 is 2.90 bits per heavy atom. The van der Waals surface area contributed by atoms with Crippen molar-refractivity contribution in [1.29, 1.82) is 5.26 Å². The van der Waals surface area contributed by atoms with Crippen LogP contribution < -0.4 is 5.73 Å². The van der Waals surface area contributed by atoms with Gasteiger partial charge in [-0.2, -0.15) is 5.26 Å². The molecule has 0 aliphatic rings. The number of ether oxygens (including phenoxy) is 1. The van der Waals surface area contributed by atoms with E-state index < -0.39 is 5.97 Å². The van der Waals surface area contributed by atoms with E-state index in [-0.39, 0.29) is 18.1 Å². The summed E-state index contributed by atoms with van der Waals surface area (Å²) < 4.78 is 7.27. The minimum Gasteiger partial charge on any atom is -0.461 e. The molecule has 0 fully saturated rings. The number of aromatic nitrogens is 2. The molecule has 0 atom stereocenters. The second kappa shape index (κ2) is 5.97. The summed E-state index contributed by atoms with van der Waals surface area (Å²) in [5.41, 5.74) is 7.06. The summed E-state index contributed by atoms with van der Waals surface area (Å²) in [6.45, 7) is 3.66. The van der Waals surface area contributed by atoms with Gasteiger partial charge in [0, 0.05) is 4.47 Å². The van der Waals surface area contributed by atoms with Gasteiger partial charge in [-0.1, -0.05) is 15.9 Å². The highest BCUT2D eigenvalue weighted by Gasteiger charge is 2.21. The number of carbonyl (C=O) groups excluding carboxylic acids is 1. The first-order valence-corrected chi connectivity index (χ1v) is 7.00. The van der Waals surface area contributed by atoms with E-state index in [0.29, 0.717) is 17.1 Å². The summed E-state index contributed by atoms with van der Waals surface area (Å²) >= 11 is 3.31. The van der Waals surface area contributed by atoms with Gasteiger partial charge in [0.25, 0.3) is 0 Å². The van der Waals surface area contributed by atoms with E-state index in [1.165, 1.54) is 0 Å². The van der Waals surface area contributed by atoms with E-state index in [1.807, 2.05) is 0 Å². The number of imidazole rings is 1. The number of hydrogen-bond acceptors (Lipinski definition) is 5. The van der Waals surface area contributed by atoms with Crippen LogP contribution in [0.2, 0.25) is 0 Å². The van der Waals surface area contributed by atoms with E-state index in [2.05, 4.69) is 27.0 Å². The molecule has 108 valence electrons. The number of aryl methyl sites for hydroxylation is 1. The maximum Gasteiger partial charge on any atom is 0.360 e. The molecule has 2 rings (SSSR count). The molecule has 1 heterocycles. The third-order valence-electron chi connectivity index (χ3n) is 2.87. The van der Waals surface area contributed by atoms with Crippen LogP contribution in [0.1, 0.15) is 28.8 Å². The molecular weight excluding hydrogens is 336 g/mol. The standard InChI is InChI=1S/C14H13BrN4O2/c1-3-21-14(20)12-13(17)19(8(2)18-12)11-5-4-10(15)6-9(11)7-16/h4-6H,3,17H2,1-2H3. The fraction of sp³-hybridized carbons (Fsp3) is 0.214. The molecule has 0 amide bonds. The lowest BCUT2D eigenvalue weighted by atomic mass is 10.2. The summed E-state index contributed by atoms with van der Waals surface area (Å²) in [4.78, 5) is 16.0. The van der Waals surface area contributed by atoms with Crippen molar-refractivity contribution in [2.75, 3.05) is 12.3 Å². The SMILES string of the molecule is CCOC(=O)c1nc(C)n(-c2ccc(Br)cc2C#N)c1N. The van der Waals surface area contributed by atoms with Crippen molar-refractivity contribution in [2.45, 2.75) is 13.8 Å². The third kappa shape index (κ3) is 2.76. The fourth-order valence-electron chi connectivity index (χ4n) is 2.00. The lowest BCUT2D eigenvalue weighted by molar-refractivity contribution is 0.0521. The number of benzene rings is 1. The van der Waals surface area contributed by atoms with Crippen molar-refractivity contribution in [3.8, 4) is 11.8 Å². The summed E-state index contributed by atoms with van der Waals surface area (Å²) in [6, 6.07) is 7.31. The number of nitrogen functional groups attached to an aromatic ring is 1. The molecule has 1 aromatic carbocycles. The number of nitriles is 1. The summed E-state index contributed by atoms with van der Waals surface area (Å²) in [6.07, 6.45) is 0. The molecule has 1 aromatic heterocycles. The zero-order valence-electron chi connectivity index (χ0n) is 11.6. The van der Waals surface area contributed by atoms with Crippen molar-refractivity contribution in [2.24, 2.45) is 0 Å². The summed E-state index contributed by atoms with van der Waals surface area (Å²) in [7, 11) is 0. The number of anilines is 1. The maximum atomic E-state index is 11.8. The van der Waals surface area contributed by atoms with E-state index in [1.54, 1.807) is 36.6 Å². The largest absolute Gasteiger partial charge is 0.461 e. The molecule has 7 heteroatoms. The van der Waals surface area contributed by atoms with Gasteiger partial charge in [0.1, 0.15) is 17.7 Å². The van der Waals surface area contributed by atoms with Crippen LogP contribution in [0.5, 0.6) is 0 Å². The molecule has 6 nitrogen and oxygen atoms in total. The molecule has 0 aliphatic carbocycles. The second-order valence-corrected chi connectivity index (χ2v) is 5.14. The predicted octanol–water partition coefficient (Wildman–Crippen LogP) is 2.57. The van der Waals surface area contributed by atoms with Crippen LogP contribution in [-0.4, -0.2) is 22.1 Å². The van der Waals surface area contributed by atoms with Gasteiger partial charge in [0.05, 0.1) is 17.9 Å². The molecule has 0 unspecified atom stereocenters. The first-order chi connectivity index (χ1) is 9.99. The van der Waals surface area contributed by atoms with Crippen molar-refractivity contribution >= 4 is 27.7 Å². The van der Waals surface area contributed by atoms with Crippen LogP contribution in [0.15, 0.2) is 22.7 Å². The molecule has 2 N–H and O–H groups in total. The molecule has 21 heavy (non-hydrogen) atoms. The fourth-order valence-corrected chi connectivity index (χ4v) is 2.36. The number of hydrogen-bond donors (Lipinski definition) is 1. The van der Waals surface area contributed by atoms with E-state index in [4.69, 9.17) is 10.5 Å². The van der Waals surface area contributed by atoms with Crippen LogP contribution in [0, 0.1) is 18.3 Å². The van der Waals surface area contributed by atoms with Gasteiger partial charge in [-0.3, -0.25) is 4.57 Å². The molecular formula is C14H13BrN4O2. The molecule has 0 radical (unpaired) electrons.